The van der Waals surface area contributed by atoms with E-state index in [2.05, 4.69) is 4.98 Å². The summed E-state index contributed by atoms with van der Waals surface area (Å²) < 4.78 is 9.83. The van der Waals surface area contributed by atoms with Crippen molar-refractivity contribution in [3.05, 3.63) is 35.0 Å². The van der Waals surface area contributed by atoms with Gasteiger partial charge < -0.3 is 19.4 Å². The molecule has 0 fully saturated rings. The Labute approximate surface area is 147 Å². The Morgan fingerprint density at radius 2 is 2.08 bits per heavy atom. The van der Waals surface area contributed by atoms with Crippen molar-refractivity contribution in [2.75, 3.05) is 27.4 Å². The van der Waals surface area contributed by atoms with Crippen LogP contribution in [0.1, 0.15) is 40.9 Å². The molecule has 2 aromatic rings. The molecule has 6 nitrogen and oxygen atoms in total. The van der Waals surface area contributed by atoms with Gasteiger partial charge in [-0.3, -0.25) is 4.79 Å². The molecular formula is C19H24N2O4. The van der Waals surface area contributed by atoms with E-state index < -0.39 is 0 Å². The van der Waals surface area contributed by atoms with E-state index in [1.807, 2.05) is 17.0 Å². The minimum Gasteiger partial charge on any atom is -0.465 e. The van der Waals surface area contributed by atoms with Crippen LogP contribution in [0.4, 0.5) is 0 Å². The van der Waals surface area contributed by atoms with Gasteiger partial charge in [-0.1, -0.05) is 0 Å². The van der Waals surface area contributed by atoms with E-state index in [0.29, 0.717) is 25.1 Å². The zero-order chi connectivity index (χ0) is 17.8. The molecule has 2 heterocycles. The van der Waals surface area contributed by atoms with Gasteiger partial charge in [0.15, 0.2) is 0 Å². The molecule has 1 amide bonds. The van der Waals surface area contributed by atoms with Crippen molar-refractivity contribution < 1.29 is 19.1 Å². The number of ether oxygens (including phenoxy) is 2. The van der Waals surface area contributed by atoms with Gasteiger partial charge in [0.1, 0.15) is 0 Å². The lowest BCUT2D eigenvalue weighted by molar-refractivity contribution is -0.132. The second kappa shape index (κ2) is 7.70. The van der Waals surface area contributed by atoms with E-state index >= 15 is 0 Å². The number of hydrogen-bond acceptors (Lipinski definition) is 4. The molecule has 1 aliphatic rings. The maximum atomic E-state index is 12.5. The molecule has 1 N–H and O–H groups in total. The fourth-order valence-electron chi connectivity index (χ4n) is 3.35. The van der Waals surface area contributed by atoms with Crippen molar-refractivity contribution in [2.24, 2.45) is 0 Å². The van der Waals surface area contributed by atoms with Gasteiger partial charge in [0, 0.05) is 61.8 Å². The van der Waals surface area contributed by atoms with Crippen molar-refractivity contribution in [1.29, 1.82) is 0 Å². The van der Waals surface area contributed by atoms with Crippen LogP contribution in [-0.2, 0) is 27.2 Å². The fraction of sp³-hybridized carbons (Fsp3) is 0.474. The number of hydrogen-bond donors (Lipinski definition) is 1. The van der Waals surface area contributed by atoms with Crippen molar-refractivity contribution in [2.45, 2.75) is 32.2 Å². The lowest BCUT2D eigenvalue weighted by Gasteiger charge is -2.27. The van der Waals surface area contributed by atoms with Gasteiger partial charge in [0.05, 0.1) is 12.7 Å². The molecule has 1 aromatic heterocycles. The first-order valence-corrected chi connectivity index (χ1v) is 8.62. The first kappa shape index (κ1) is 17.5. The Bertz CT molecular complexity index is 781. The molecule has 0 bridgehead atoms. The van der Waals surface area contributed by atoms with Crippen molar-refractivity contribution in [3.63, 3.8) is 0 Å². The number of nitrogens with zero attached hydrogens (tertiary/aromatic N) is 1. The second-order valence-electron chi connectivity index (χ2n) is 6.35. The number of aromatic amines is 1. The van der Waals surface area contributed by atoms with E-state index in [1.165, 1.54) is 7.11 Å². The quantitative estimate of drug-likeness (QED) is 0.646. The topological polar surface area (TPSA) is 71.6 Å². The molecule has 1 aromatic carbocycles. The molecule has 0 radical (unpaired) electrons. The first-order valence-electron chi connectivity index (χ1n) is 8.62. The Balaban J connectivity index is 1.77. The molecule has 3 rings (SSSR count). The minimum atomic E-state index is -0.348. The number of unbranched alkanes of at least 4 members (excludes halogenated alkanes) is 1. The molecule has 0 saturated carbocycles. The van der Waals surface area contributed by atoms with Crippen LogP contribution in [0, 0.1) is 0 Å². The monoisotopic (exact) mass is 344 g/mol. The molecule has 25 heavy (non-hydrogen) atoms. The number of amides is 1. The molecule has 0 aliphatic carbocycles. The molecule has 0 spiro atoms. The van der Waals surface area contributed by atoms with Crippen molar-refractivity contribution >= 4 is 22.8 Å². The first-order chi connectivity index (χ1) is 12.1. The molecule has 0 saturated heterocycles. The van der Waals surface area contributed by atoms with E-state index in [9.17, 15) is 9.59 Å². The number of methoxy groups -OCH3 is 2. The molecular weight excluding hydrogens is 320 g/mol. The summed E-state index contributed by atoms with van der Waals surface area (Å²) in [6.45, 7) is 2.01. The summed E-state index contributed by atoms with van der Waals surface area (Å²) in [5.74, 6) is -0.168. The predicted molar refractivity (Wildman–Crippen MR) is 94.5 cm³/mol. The maximum absolute atomic E-state index is 12.5. The SMILES string of the molecule is COCCCCC(=O)N1CCc2[nH]c3ccc(C(=O)OC)cc3c2C1. The highest BCUT2D eigenvalue weighted by atomic mass is 16.5. The van der Waals surface area contributed by atoms with Crippen LogP contribution in [0.3, 0.4) is 0 Å². The molecule has 0 atom stereocenters. The van der Waals surface area contributed by atoms with Crippen LogP contribution in [-0.4, -0.2) is 49.1 Å². The number of H-pyrrole nitrogens is 1. The summed E-state index contributed by atoms with van der Waals surface area (Å²) >= 11 is 0. The van der Waals surface area contributed by atoms with E-state index in [-0.39, 0.29) is 11.9 Å². The summed E-state index contributed by atoms with van der Waals surface area (Å²) in [7, 11) is 3.05. The van der Waals surface area contributed by atoms with Gasteiger partial charge in [-0.15, -0.1) is 0 Å². The van der Waals surface area contributed by atoms with E-state index in [4.69, 9.17) is 9.47 Å². The standard InChI is InChI=1S/C19H24N2O4/c1-24-10-4-3-5-18(22)21-9-8-17-15(12-21)14-11-13(19(23)25-2)6-7-16(14)20-17/h6-7,11,20H,3-5,8-10,12H2,1-2H3. The number of nitrogens with one attached hydrogen (secondary N) is 1. The zero-order valence-corrected chi connectivity index (χ0v) is 14.8. The maximum Gasteiger partial charge on any atom is 0.337 e. The molecule has 0 unspecified atom stereocenters. The zero-order valence-electron chi connectivity index (χ0n) is 14.8. The van der Waals surface area contributed by atoms with Crippen molar-refractivity contribution in [1.82, 2.24) is 9.88 Å². The largest absolute Gasteiger partial charge is 0.465 e. The second-order valence-corrected chi connectivity index (χ2v) is 6.35. The van der Waals surface area contributed by atoms with Crippen LogP contribution in [0.2, 0.25) is 0 Å². The van der Waals surface area contributed by atoms with Crippen LogP contribution >= 0.6 is 0 Å². The van der Waals surface area contributed by atoms with E-state index in [1.54, 1.807) is 13.2 Å². The fourth-order valence-corrected chi connectivity index (χ4v) is 3.35. The Kier molecular flexibility index (Phi) is 5.38. The molecule has 6 heteroatoms. The third kappa shape index (κ3) is 3.69. The number of carbonyl (C=O) groups is 2. The Hall–Kier alpha value is -2.34. The van der Waals surface area contributed by atoms with Gasteiger partial charge in [-0.2, -0.15) is 0 Å². The summed E-state index contributed by atoms with van der Waals surface area (Å²) in [5, 5.41) is 0.995. The number of carbonyl (C=O) groups excluding carboxylic acids is 2. The van der Waals surface area contributed by atoms with Gasteiger partial charge in [-0.25, -0.2) is 4.79 Å². The third-order valence-corrected chi connectivity index (χ3v) is 4.74. The summed E-state index contributed by atoms with van der Waals surface area (Å²) in [5.41, 5.74) is 3.78. The van der Waals surface area contributed by atoms with Gasteiger partial charge >= 0.3 is 5.97 Å². The Morgan fingerprint density at radius 1 is 1.24 bits per heavy atom. The van der Waals surface area contributed by atoms with Gasteiger partial charge in [-0.05, 0) is 31.0 Å². The number of fused-ring (bicyclic) bond motifs is 3. The normalized spacial score (nSPS) is 13.8. The van der Waals surface area contributed by atoms with Crippen LogP contribution in [0.15, 0.2) is 18.2 Å². The highest BCUT2D eigenvalue weighted by molar-refractivity contribution is 5.96. The smallest absolute Gasteiger partial charge is 0.337 e. The van der Waals surface area contributed by atoms with Crippen molar-refractivity contribution in [3.8, 4) is 0 Å². The number of rotatable bonds is 6. The average molecular weight is 344 g/mol. The number of aromatic nitrogens is 1. The summed E-state index contributed by atoms with van der Waals surface area (Å²) in [6.07, 6.45) is 3.10. The molecule has 1 aliphatic heterocycles. The third-order valence-electron chi connectivity index (χ3n) is 4.74. The highest BCUT2D eigenvalue weighted by Gasteiger charge is 2.24. The molecule has 134 valence electrons. The number of esters is 1. The lowest BCUT2D eigenvalue weighted by atomic mass is 10.0. The Morgan fingerprint density at radius 3 is 2.84 bits per heavy atom. The average Bonchev–Trinajstić information content (AvgIpc) is 3.01. The van der Waals surface area contributed by atoms with Gasteiger partial charge in [0.25, 0.3) is 0 Å². The van der Waals surface area contributed by atoms with Crippen LogP contribution in [0.25, 0.3) is 10.9 Å². The predicted octanol–water partition coefficient (Wildman–Crippen LogP) is 2.66. The van der Waals surface area contributed by atoms with Crippen LogP contribution in [0.5, 0.6) is 0 Å². The summed E-state index contributed by atoms with van der Waals surface area (Å²) in [4.78, 5) is 29.6. The van der Waals surface area contributed by atoms with Crippen LogP contribution < -0.4 is 0 Å². The minimum absolute atomic E-state index is 0.181. The highest BCUT2D eigenvalue weighted by Crippen LogP contribution is 2.29. The van der Waals surface area contributed by atoms with E-state index in [0.717, 1.165) is 48.0 Å². The van der Waals surface area contributed by atoms with Gasteiger partial charge in [0.2, 0.25) is 5.91 Å². The number of benzene rings is 1. The summed E-state index contributed by atoms with van der Waals surface area (Å²) in [6, 6.07) is 5.51. The lowest BCUT2D eigenvalue weighted by Crippen LogP contribution is -2.35.